The minimum atomic E-state index is -0.400. The van der Waals surface area contributed by atoms with Gasteiger partial charge in [0.2, 0.25) is 0 Å². The second kappa shape index (κ2) is 11.4. The lowest BCUT2D eigenvalue weighted by Crippen LogP contribution is -2.32. The summed E-state index contributed by atoms with van der Waals surface area (Å²) in [4.78, 5) is 33.2. The van der Waals surface area contributed by atoms with Gasteiger partial charge in [0.15, 0.2) is 5.84 Å². The third kappa shape index (κ3) is 7.86. The van der Waals surface area contributed by atoms with Crippen LogP contribution in [0.3, 0.4) is 0 Å². The number of nitro groups is 1. The Kier molecular flexibility index (Phi) is 8.91. The highest BCUT2D eigenvalue weighted by Crippen LogP contribution is 2.12. The van der Waals surface area contributed by atoms with E-state index in [9.17, 15) is 14.9 Å². The Hall–Kier alpha value is -2.28. The lowest BCUT2D eigenvalue weighted by molar-refractivity contribution is -0.463. The Balaban J connectivity index is 1.65. The molecule has 0 fully saturated rings. The van der Waals surface area contributed by atoms with Crippen molar-refractivity contribution in [2.24, 2.45) is 4.99 Å². The number of nitrogens with one attached hydrogen (secondary N) is 4. The monoisotopic (exact) mass is 414 g/mol. The van der Waals surface area contributed by atoms with E-state index in [4.69, 9.17) is 0 Å². The maximum absolute atomic E-state index is 11.3. The summed E-state index contributed by atoms with van der Waals surface area (Å²) < 4.78 is 0. The Bertz CT molecular complexity index is 800. The number of hydrogen-bond acceptors (Lipinski definition) is 8. The van der Waals surface area contributed by atoms with Crippen LogP contribution in [0.2, 0.25) is 0 Å². The number of amidine groups is 1. The molecule has 0 aliphatic rings. The first-order chi connectivity index (χ1) is 13.1. The number of aliphatic imine (C=N–C) groups is 1. The summed E-state index contributed by atoms with van der Waals surface area (Å²) in [6.45, 7) is 2.67. The minimum Gasteiger partial charge on any atom is -0.368 e. The van der Waals surface area contributed by atoms with Gasteiger partial charge in [-0.25, -0.2) is 15.3 Å². The SMILES string of the molecule is Cc1[nH]cnc1CSCCN=C(C[N+](=O)[O-])NCCSCc1n[nH][nH]c1=O. The van der Waals surface area contributed by atoms with Crippen LogP contribution in [0.25, 0.3) is 0 Å². The van der Waals surface area contributed by atoms with E-state index in [2.05, 4.69) is 35.7 Å². The van der Waals surface area contributed by atoms with Crippen molar-refractivity contribution in [1.82, 2.24) is 30.7 Å². The largest absolute Gasteiger partial charge is 0.368 e. The zero-order chi connectivity index (χ0) is 19.5. The molecule has 0 saturated carbocycles. The maximum atomic E-state index is 11.3. The van der Waals surface area contributed by atoms with Gasteiger partial charge in [0.1, 0.15) is 5.69 Å². The van der Waals surface area contributed by atoms with Crippen molar-refractivity contribution in [2.75, 3.05) is 31.1 Å². The molecule has 2 aromatic rings. The molecule has 2 heterocycles. The van der Waals surface area contributed by atoms with E-state index < -0.39 is 4.92 Å². The Labute approximate surface area is 163 Å². The number of hydrogen-bond donors (Lipinski definition) is 4. The van der Waals surface area contributed by atoms with Gasteiger partial charge in [-0.05, 0) is 6.92 Å². The van der Waals surface area contributed by atoms with Gasteiger partial charge in [-0.2, -0.15) is 28.6 Å². The molecule has 2 rings (SSSR count). The van der Waals surface area contributed by atoms with Crippen molar-refractivity contribution in [3.63, 3.8) is 0 Å². The van der Waals surface area contributed by atoms with Crippen molar-refractivity contribution in [1.29, 1.82) is 0 Å². The number of aryl methyl sites for hydroxylation is 1. The number of aromatic amines is 3. The van der Waals surface area contributed by atoms with Crippen molar-refractivity contribution < 1.29 is 4.92 Å². The molecule has 0 aliphatic carbocycles. The lowest BCUT2D eigenvalue weighted by Gasteiger charge is -2.06. The van der Waals surface area contributed by atoms with Crippen molar-refractivity contribution in [2.45, 2.75) is 18.4 Å². The summed E-state index contributed by atoms with van der Waals surface area (Å²) in [7, 11) is 0. The second-order valence-corrected chi connectivity index (χ2v) is 7.66. The number of imidazole rings is 1. The normalized spacial score (nSPS) is 11.7. The van der Waals surface area contributed by atoms with E-state index >= 15 is 0 Å². The first-order valence-corrected chi connectivity index (χ1v) is 10.5. The molecule has 0 spiro atoms. The van der Waals surface area contributed by atoms with Crippen LogP contribution in [0.5, 0.6) is 0 Å². The van der Waals surface area contributed by atoms with Crippen LogP contribution in [0.15, 0.2) is 16.1 Å². The van der Waals surface area contributed by atoms with Crippen LogP contribution < -0.4 is 10.9 Å². The molecule has 13 heteroatoms. The zero-order valence-corrected chi connectivity index (χ0v) is 16.5. The molecular weight excluding hydrogens is 392 g/mol. The predicted octanol–water partition coefficient (Wildman–Crippen LogP) is 0.561. The van der Waals surface area contributed by atoms with Gasteiger partial charge in [-0.15, -0.1) is 0 Å². The maximum Gasteiger partial charge on any atom is 0.287 e. The summed E-state index contributed by atoms with van der Waals surface area (Å²) in [5, 5.41) is 22.4. The number of aromatic nitrogens is 5. The molecule has 0 unspecified atom stereocenters. The van der Waals surface area contributed by atoms with Gasteiger partial charge in [0.05, 0.1) is 18.6 Å². The van der Waals surface area contributed by atoms with Crippen LogP contribution in [-0.4, -0.2) is 67.3 Å². The number of nitrogens with zero attached hydrogens (tertiary/aromatic N) is 4. The molecule has 148 valence electrons. The van der Waals surface area contributed by atoms with Crippen LogP contribution in [0, 0.1) is 17.0 Å². The Morgan fingerprint density at radius 3 is 2.78 bits per heavy atom. The zero-order valence-electron chi connectivity index (χ0n) is 14.9. The van der Waals surface area contributed by atoms with E-state index in [1.807, 2.05) is 6.92 Å². The predicted molar refractivity (Wildman–Crippen MR) is 107 cm³/mol. The summed E-state index contributed by atoms with van der Waals surface area (Å²) in [5.41, 5.74) is 2.27. The fraction of sp³-hybridized carbons (Fsp3) is 0.571. The molecule has 0 aliphatic heterocycles. The first kappa shape index (κ1) is 21.0. The van der Waals surface area contributed by atoms with E-state index in [0.717, 1.165) is 22.9 Å². The van der Waals surface area contributed by atoms with Gasteiger partial charge in [0, 0.05) is 40.2 Å². The summed E-state index contributed by atoms with van der Waals surface area (Å²) >= 11 is 3.20. The van der Waals surface area contributed by atoms with E-state index in [1.165, 1.54) is 11.8 Å². The fourth-order valence-corrected chi connectivity index (χ4v) is 3.66. The van der Waals surface area contributed by atoms with Crippen molar-refractivity contribution in [3.05, 3.63) is 43.9 Å². The first-order valence-electron chi connectivity index (χ1n) is 8.21. The van der Waals surface area contributed by atoms with Crippen molar-refractivity contribution in [3.8, 4) is 0 Å². The molecule has 0 atom stereocenters. The summed E-state index contributed by atoms with van der Waals surface area (Å²) in [6.07, 6.45) is 1.67. The Morgan fingerprint density at radius 2 is 2.11 bits per heavy atom. The molecule has 0 aromatic carbocycles. The van der Waals surface area contributed by atoms with Crippen molar-refractivity contribution >= 4 is 29.4 Å². The average Bonchev–Trinajstić information content (AvgIpc) is 3.22. The number of H-pyrrole nitrogens is 3. The molecule has 0 saturated heterocycles. The molecule has 0 bridgehead atoms. The third-order valence-electron chi connectivity index (χ3n) is 3.43. The van der Waals surface area contributed by atoms with Gasteiger partial charge in [-0.3, -0.25) is 19.9 Å². The van der Waals surface area contributed by atoms with Gasteiger partial charge < -0.3 is 10.3 Å². The molecule has 2 aromatic heterocycles. The summed E-state index contributed by atoms with van der Waals surface area (Å²) in [6, 6.07) is 0. The van der Waals surface area contributed by atoms with Crippen LogP contribution >= 0.6 is 23.5 Å². The van der Waals surface area contributed by atoms with Crippen LogP contribution in [-0.2, 0) is 11.5 Å². The third-order valence-corrected chi connectivity index (χ3v) is 5.35. The molecule has 0 amide bonds. The molecule has 4 N–H and O–H groups in total. The van der Waals surface area contributed by atoms with E-state index in [1.54, 1.807) is 18.1 Å². The smallest absolute Gasteiger partial charge is 0.287 e. The van der Waals surface area contributed by atoms with Gasteiger partial charge >= 0.3 is 0 Å². The molecule has 0 radical (unpaired) electrons. The molecular formula is C14H22N8O3S2. The number of rotatable bonds is 12. The van der Waals surface area contributed by atoms with E-state index in [0.29, 0.717) is 36.1 Å². The number of thioether (sulfide) groups is 2. The van der Waals surface area contributed by atoms with Crippen LogP contribution in [0.1, 0.15) is 17.1 Å². The fourth-order valence-electron chi connectivity index (χ4n) is 2.03. The standard InChI is InChI=1S/C14H22N8O3S2/c1-10-11(18-9-17-10)7-26-4-2-15-13(6-22(24)25)16-3-5-27-8-12-14(23)20-21-19-12/h9H,2-8H2,1H3,(H,15,16)(H,17,18)(H2,19,20,21,23). The van der Waals surface area contributed by atoms with Gasteiger partial charge in [0.25, 0.3) is 12.1 Å². The van der Waals surface area contributed by atoms with Crippen LogP contribution in [0.4, 0.5) is 0 Å². The summed E-state index contributed by atoms with van der Waals surface area (Å²) in [5.74, 6) is 3.06. The lowest BCUT2D eigenvalue weighted by atomic mass is 10.4. The topological polar surface area (TPSA) is 158 Å². The quantitative estimate of drug-likeness (QED) is 0.129. The minimum absolute atomic E-state index is 0.228. The highest BCUT2D eigenvalue weighted by molar-refractivity contribution is 7.98. The highest BCUT2D eigenvalue weighted by atomic mass is 32.2. The average molecular weight is 415 g/mol. The van der Waals surface area contributed by atoms with E-state index in [-0.39, 0.29) is 12.1 Å². The highest BCUT2D eigenvalue weighted by Gasteiger charge is 2.08. The second-order valence-electron chi connectivity index (χ2n) is 5.45. The molecule has 11 nitrogen and oxygen atoms in total. The Morgan fingerprint density at radius 1 is 1.33 bits per heavy atom. The van der Waals surface area contributed by atoms with Gasteiger partial charge in [-0.1, -0.05) is 0 Å². The molecule has 27 heavy (non-hydrogen) atoms.